The number of piperidine rings is 1. The largest absolute Gasteiger partial charge is 0.480 e. The summed E-state index contributed by atoms with van der Waals surface area (Å²) < 4.78 is 0. The third-order valence-corrected chi connectivity index (χ3v) is 5.33. The summed E-state index contributed by atoms with van der Waals surface area (Å²) in [6, 6.07) is 0.671. The second kappa shape index (κ2) is 7.10. The van der Waals surface area contributed by atoms with E-state index < -0.39 is 11.5 Å². The summed E-state index contributed by atoms with van der Waals surface area (Å²) in [6.45, 7) is 8.66. The summed E-state index contributed by atoms with van der Waals surface area (Å²) in [7, 11) is 0. The summed E-state index contributed by atoms with van der Waals surface area (Å²) in [5, 5.41) is 13.0. The SMILES string of the molecule is CCCC1CCN(C2CCC(NC(C)C)(C(=O)O)C2)CC1. The van der Waals surface area contributed by atoms with Crippen LogP contribution in [0.4, 0.5) is 0 Å². The van der Waals surface area contributed by atoms with E-state index in [1.165, 1.54) is 25.7 Å². The zero-order valence-corrected chi connectivity index (χ0v) is 13.9. The van der Waals surface area contributed by atoms with Crippen molar-refractivity contribution in [3.8, 4) is 0 Å². The monoisotopic (exact) mass is 296 g/mol. The molecule has 2 rings (SSSR count). The van der Waals surface area contributed by atoms with Crippen LogP contribution in [0.3, 0.4) is 0 Å². The lowest BCUT2D eigenvalue weighted by atomic mass is 9.91. The fraction of sp³-hybridized carbons (Fsp3) is 0.941. The molecule has 0 spiro atoms. The van der Waals surface area contributed by atoms with E-state index in [2.05, 4.69) is 17.1 Å². The average Bonchev–Trinajstić information content (AvgIpc) is 2.85. The van der Waals surface area contributed by atoms with Crippen molar-refractivity contribution in [2.24, 2.45) is 5.92 Å². The first-order chi connectivity index (χ1) is 9.97. The Kier molecular flexibility index (Phi) is 5.67. The van der Waals surface area contributed by atoms with Gasteiger partial charge in [-0.25, -0.2) is 0 Å². The Morgan fingerprint density at radius 2 is 2.00 bits per heavy atom. The molecule has 2 fully saturated rings. The molecule has 122 valence electrons. The molecule has 0 aromatic rings. The van der Waals surface area contributed by atoms with Crippen LogP contribution in [0.15, 0.2) is 0 Å². The predicted octanol–water partition coefficient (Wildman–Crippen LogP) is 2.87. The molecular formula is C17H32N2O2. The summed E-state index contributed by atoms with van der Waals surface area (Å²) in [5.41, 5.74) is -0.695. The first kappa shape index (κ1) is 16.8. The van der Waals surface area contributed by atoms with Gasteiger partial charge in [-0.2, -0.15) is 0 Å². The second-order valence-corrected chi connectivity index (χ2v) is 7.35. The molecular weight excluding hydrogens is 264 g/mol. The van der Waals surface area contributed by atoms with Gasteiger partial charge in [0.15, 0.2) is 0 Å². The van der Waals surface area contributed by atoms with E-state index in [9.17, 15) is 9.90 Å². The first-order valence-electron chi connectivity index (χ1n) is 8.72. The van der Waals surface area contributed by atoms with E-state index in [0.717, 1.165) is 38.3 Å². The van der Waals surface area contributed by atoms with Crippen LogP contribution in [0, 0.1) is 5.92 Å². The Bertz CT molecular complexity index is 351. The molecule has 2 unspecified atom stereocenters. The van der Waals surface area contributed by atoms with E-state index >= 15 is 0 Å². The van der Waals surface area contributed by atoms with E-state index in [-0.39, 0.29) is 6.04 Å². The number of nitrogens with one attached hydrogen (secondary N) is 1. The Labute approximate surface area is 129 Å². The molecule has 21 heavy (non-hydrogen) atoms. The smallest absolute Gasteiger partial charge is 0.323 e. The van der Waals surface area contributed by atoms with Crippen molar-refractivity contribution in [1.82, 2.24) is 10.2 Å². The van der Waals surface area contributed by atoms with Crippen molar-refractivity contribution in [3.63, 3.8) is 0 Å². The maximum Gasteiger partial charge on any atom is 0.323 e. The Morgan fingerprint density at radius 3 is 2.52 bits per heavy atom. The fourth-order valence-electron chi connectivity index (χ4n) is 4.29. The lowest BCUT2D eigenvalue weighted by Gasteiger charge is -2.37. The molecule has 0 amide bonds. The van der Waals surface area contributed by atoms with Crippen molar-refractivity contribution >= 4 is 5.97 Å². The third-order valence-electron chi connectivity index (χ3n) is 5.33. The van der Waals surface area contributed by atoms with Crippen LogP contribution >= 0.6 is 0 Å². The summed E-state index contributed by atoms with van der Waals surface area (Å²) >= 11 is 0. The van der Waals surface area contributed by atoms with Gasteiger partial charge >= 0.3 is 5.97 Å². The second-order valence-electron chi connectivity index (χ2n) is 7.35. The molecule has 4 heteroatoms. The quantitative estimate of drug-likeness (QED) is 0.791. The summed E-state index contributed by atoms with van der Waals surface area (Å²) in [4.78, 5) is 14.3. The van der Waals surface area contributed by atoms with E-state index in [1.54, 1.807) is 0 Å². The van der Waals surface area contributed by atoms with Gasteiger partial charge in [-0.3, -0.25) is 10.1 Å². The van der Waals surface area contributed by atoms with Gasteiger partial charge in [0, 0.05) is 12.1 Å². The average molecular weight is 296 g/mol. The summed E-state index contributed by atoms with van der Waals surface area (Å²) in [6.07, 6.45) is 7.77. The molecule has 1 heterocycles. The van der Waals surface area contributed by atoms with Gasteiger partial charge in [-0.15, -0.1) is 0 Å². The predicted molar refractivity (Wildman–Crippen MR) is 85.5 cm³/mol. The zero-order chi connectivity index (χ0) is 15.5. The molecule has 0 radical (unpaired) electrons. The van der Waals surface area contributed by atoms with Crippen LogP contribution in [0.2, 0.25) is 0 Å². The maximum absolute atomic E-state index is 11.7. The molecule has 2 N–H and O–H groups in total. The zero-order valence-electron chi connectivity index (χ0n) is 13.9. The highest BCUT2D eigenvalue weighted by Crippen LogP contribution is 2.36. The van der Waals surface area contributed by atoms with Crippen molar-refractivity contribution < 1.29 is 9.90 Å². The van der Waals surface area contributed by atoms with Crippen LogP contribution in [0.5, 0.6) is 0 Å². The Morgan fingerprint density at radius 1 is 1.33 bits per heavy atom. The van der Waals surface area contributed by atoms with Crippen LogP contribution in [-0.4, -0.2) is 46.7 Å². The molecule has 1 saturated carbocycles. The lowest BCUT2D eigenvalue weighted by molar-refractivity contribution is -0.145. The Balaban J connectivity index is 1.91. The van der Waals surface area contributed by atoms with Crippen molar-refractivity contribution in [1.29, 1.82) is 0 Å². The molecule has 1 aliphatic carbocycles. The number of nitrogens with zero attached hydrogens (tertiary/aromatic N) is 1. The molecule has 0 aromatic heterocycles. The number of rotatable bonds is 6. The molecule has 2 atom stereocenters. The minimum Gasteiger partial charge on any atom is -0.480 e. The molecule has 1 saturated heterocycles. The highest BCUT2D eigenvalue weighted by atomic mass is 16.4. The van der Waals surface area contributed by atoms with E-state index in [0.29, 0.717) is 6.04 Å². The van der Waals surface area contributed by atoms with Gasteiger partial charge in [0.25, 0.3) is 0 Å². The van der Waals surface area contributed by atoms with Gasteiger partial charge in [0.2, 0.25) is 0 Å². The van der Waals surface area contributed by atoms with Crippen LogP contribution in [0.1, 0.15) is 65.7 Å². The van der Waals surface area contributed by atoms with Crippen molar-refractivity contribution in [2.45, 2.75) is 83.3 Å². The standard InChI is InChI=1S/C17H32N2O2/c1-4-5-14-7-10-19(11-8-14)15-6-9-17(12-15,16(20)21)18-13(2)3/h13-15,18H,4-12H2,1-3H3,(H,20,21). The minimum atomic E-state index is -0.695. The van der Waals surface area contributed by atoms with Gasteiger partial charge < -0.3 is 10.0 Å². The number of likely N-dealkylation sites (tertiary alicyclic amines) is 1. The molecule has 1 aliphatic heterocycles. The van der Waals surface area contributed by atoms with Crippen molar-refractivity contribution in [3.05, 3.63) is 0 Å². The fourth-order valence-corrected chi connectivity index (χ4v) is 4.29. The topological polar surface area (TPSA) is 52.6 Å². The van der Waals surface area contributed by atoms with Crippen molar-refractivity contribution in [2.75, 3.05) is 13.1 Å². The number of carboxylic acids is 1. The van der Waals surface area contributed by atoms with Gasteiger partial charge in [0.05, 0.1) is 0 Å². The number of hydrogen-bond acceptors (Lipinski definition) is 3. The molecule has 2 aliphatic rings. The van der Waals surface area contributed by atoms with E-state index in [4.69, 9.17) is 0 Å². The highest BCUT2D eigenvalue weighted by Gasteiger charge is 2.47. The first-order valence-corrected chi connectivity index (χ1v) is 8.72. The highest BCUT2D eigenvalue weighted by molar-refractivity contribution is 5.79. The summed E-state index contributed by atoms with van der Waals surface area (Å²) in [5.74, 6) is 0.227. The van der Waals surface area contributed by atoms with Crippen LogP contribution < -0.4 is 5.32 Å². The molecule has 0 bridgehead atoms. The molecule has 0 aromatic carbocycles. The van der Waals surface area contributed by atoms with Gasteiger partial charge in [0.1, 0.15) is 5.54 Å². The normalized spacial score (nSPS) is 31.9. The van der Waals surface area contributed by atoms with E-state index in [1.807, 2.05) is 13.8 Å². The Hall–Kier alpha value is -0.610. The van der Waals surface area contributed by atoms with Crippen LogP contribution in [-0.2, 0) is 4.79 Å². The number of hydrogen-bond donors (Lipinski definition) is 2. The maximum atomic E-state index is 11.7. The molecule has 4 nitrogen and oxygen atoms in total. The van der Waals surface area contributed by atoms with Gasteiger partial charge in [-0.1, -0.05) is 19.8 Å². The third kappa shape index (κ3) is 3.98. The minimum absolute atomic E-state index is 0.218. The number of carboxylic acid groups (broad SMARTS) is 1. The van der Waals surface area contributed by atoms with Gasteiger partial charge in [-0.05, 0) is 65.0 Å². The number of aliphatic carboxylic acids is 1. The number of carbonyl (C=O) groups is 1. The van der Waals surface area contributed by atoms with Crippen LogP contribution in [0.25, 0.3) is 0 Å². The lowest BCUT2D eigenvalue weighted by Crippen LogP contribution is -2.54.